The van der Waals surface area contributed by atoms with E-state index in [0.29, 0.717) is 17.8 Å². The van der Waals surface area contributed by atoms with Crippen LogP contribution in [0, 0.1) is 13.8 Å². The molecular weight excluding hydrogens is 286 g/mol. The molecule has 120 valence electrons. The summed E-state index contributed by atoms with van der Waals surface area (Å²) in [6, 6.07) is 3.31. The molecule has 5 nitrogen and oxygen atoms in total. The van der Waals surface area contributed by atoms with Gasteiger partial charge < -0.3 is 10.6 Å². The van der Waals surface area contributed by atoms with Crippen LogP contribution in [-0.4, -0.2) is 39.0 Å². The van der Waals surface area contributed by atoms with Crippen LogP contribution in [0.3, 0.4) is 0 Å². The molecule has 0 radical (unpaired) electrons. The summed E-state index contributed by atoms with van der Waals surface area (Å²) in [6.45, 7) is 12.1. The van der Waals surface area contributed by atoms with Gasteiger partial charge in [-0.2, -0.15) is 0 Å². The average molecular weight is 313 g/mol. The topological polar surface area (TPSA) is 75.4 Å². The maximum Gasteiger partial charge on any atom is 0.243 e. The van der Waals surface area contributed by atoms with E-state index < -0.39 is 10.0 Å². The number of aryl methyl sites for hydroxylation is 1. The Morgan fingerprint density at radius 1 is 1.24 bits per heavy atom. The Kier molecular flexibility index (Phi) is 6.19. The third-order valence-electron chi connectivity index (χ3n) is 3.76. The first-order valence-corrected chi connectivity index (χ1v) is 8.81. The Morgan fingerprint density at radius 3 is 2.33 bits per heavy atom. The lowest BCUT2D eigenvalue weighted by Crippen LogP contribution is -2.42. The van der Waals surface area contributed by atoms with Gasteiger partial charge in [0, 0.05) is 12.6 Å². The van der Waals surface area contributed by atoms with Crippen LogP contribution in [-0.2, 0) is 10.0 Å². The number of nitrogen functional groups attached to an aromatic ring is 1. The molecule has 0 aliphatic carbocycles. The molecule has 0 saturated carbocycles. The number of nitrogens with one attached hydrogen (secondary N) is 1. The highest BCUT2D eigenvalue weighted by Gasteiger charge is 2.23. The highest BCUT2D eigenvalue weighted by atomic mass is 32.2. The third-order valence-corrected chi connectivity index (χ3v) is 5.55. The van der Waals surface area contributed by atoms with Crippen molar-refractivity contribution in [3.63, 3.8) is 0 Å². The Balaban J connectivity index is 3.00. The second-order valence-corrected chi connectivity index (χ2v) is 7.08. The Bertz CT molecular complexity index is 581. The van der Waals surface area contributed by atoms with Crippen molar-refractivity contribution in [2.24, 2.45) is 0 Å². The van der Waals surface area contributed by atoms with Crippen LogP contribution < -0.4 is 10.5 Å². The van der Waals surface area contributed by atoms with Crippen molar-refractivity contribution in [2.45, 2.75) is 45.6 Å². The predicted octanol–water partition coefficient (Wildman–Crippen LogP) is 1.89. The maximum atomic E-state index is 12.6. The molecule has 1 aromatic carbocycles. The van der Waals surface area contributed by atoms with Gasteiger partial charge in [0.05, 0.1) is 5.69 Å². The summed E-state index contributed by atoms with van der Waals surface area (Å²) in [5, 5.41) is 0. The monoisotopic (exact) mass is 313 g/mol. The summed E-state index contributed by atoms with van der Waals surface area (Å²) in [4.78, 5) is 2.38. The van der Waals surface area contributed by atoms with Gasteiger partial charge in [-0.1, -0.05) is 19.9 Å². The Labute approximate surface area is 128 Å². The number of hydrogen-bond acceptors (Lipinski definition) is 4. The summed E-state index contributed by atoms with van der Waals surface area (Å²) in [5.74, 6) is 0. The fourth-order valence-electron chi connectivity index (χ4n) is 2.40. The normalized spacial score (nSPS) is 13.6. The fourth-order valence-corrected chi connectivity index (χ4v) is 4.06. The van der Waals surface area contributed by atoms with E-state index in [0.717, 1.165) is 18.7 Å². The smallest absolute Gasteiger partial charge is 0.243 e. The summed E-state index contributed by atoms with van der Waals surface area (Å²) < 4.78 is 27.9. The molecule has 3 N–H and O–H groups in total. The minimum Gasteiger partial charge on any atom is -0.398 e. The number of sulfonamides is 1. The van der Waals surface area contributed by atoms with Crippen LogP contribution in [0.15, 0.2) is 17.0 Å². The molecule has 0 spiro atoms. The molecule has 0 saturated heterocycles. The summed E-state index contributed by atoms with van der Waals surface area (Å²) in [5.41, 5.74) is 7.79. The zero-order chi connectivity index (χ0) is 16.2. The molecule has 1 unspecified atom stereocenters. The number of rotatable bonds is 7. The molecule has 0 fully saturated rings. The van der Waals surface area contributed by atoms with Crippen LogP contribution in [0.25, 0.3) is 0 Å². The first-order valence-electron chi connectivity index (χ1n) is 7.33. The summed E-state index contributed by atoms with van der Waals surface area (Å²) >= 11 is 0. The van der Waals surface area contributed by atoms with Crippen molar-refractivity contribution in [3.05, 3.63) is 23.3 Å². The van der Waals surface area contributed by atoms with Crippen molar-refractivity contribution in [1.82, 2.24) is 9.62 Å². The lowest BCUT2D eigenvalue weighted by Gasteiger charge is -2.24. The third kappa shape index (κ3) is 4.43. The van der Waals surface area contributed by atoms with Crippen LogP contribution >= 0.6 is 0 Å². The van der Waals surface area contributed by atoms with Gasteiger partial charge in [0.2, 0.25) is 10.0 Å². The highest BCUT2D eigenvalue weighted by Crippen LogP contribution is 2.25. The Morgan fingerprint density at radius 2 is 1.81 bits per heavy atom. The first-order chi connectivity index (χ1) is 9.72. The largest absolute Gasteiger partial charge is 0.398 e. The second kappa shape index (κ2) is 7.24. The lowest BCUT2D eigenvalue weighted by atomic mass is 10.1. The van der Waals surface area contributed by atoms with E-state index in [2.05, 4.69) is 23.5 Å². The van der Waals surface area contributed by atoms with E-state index >= 15 is 0 Å². The van der Waals surface area contributed by atoms with Gasteiger partial charge in [0.25, 0.3) is 0 Å². The van der Waals surface area contributed by atoms with Crippen molar-refractivity contribution in [2.75, 3.05) is 25.4 Å². The predicted molar refractivity (Wildman–Crippen MR) is 87.9 cm³/mol. The summed E-state index contributed by atoms with van der Waals surface area (Å²) in [6.07, 6.45) is 0. The van der Waals surface area contributed by atoms with Crippen molar-refractivity contribution in [3.8, 4) is 0 Å². The van der Waals surface area contributed by atoms with Crippen LogP contribution in [0.4, 0.5) is 5.69 Å². The second-order valence-electron chi connectivity index (χ2n) is 5.43. The van der Waals surface area contributed by atoms with E-state index in [1.54, 1.807) is 13.0 Å². The average Bonchev–Trinajstić information content (AvgIpc) is 2.39. The number of hydrogen-bond donors (Lipinski definition) is 2. The zero-order valence-corrected chi connectivity index (χ0v) is 14.4. The minimum absolute atomic E-state index is 0.172. The van der Waals surface area contributed by atoms with E-state index in [4.69, 9.17) is 5.73 Å². The van der Waals surface area contributed by atoms with Gasteiger partial charge in [-0.25, -0.2) is 13.1 Å². The molecule has 0 amide bonds. The molecule has 0 heterocycles. The molecule has 21 heavy (non-hydrogen) atoms. The number of nitrogens with two attached hydrogens (primary N) is 1. The van der Waals surface area contributed by atoms with Gasteiger partial charge >= 0.3 is 0 Å². The van der Waals surface area contributed by atoms with E-state index in [-0.39, 0.29) is 10.9 Å². The molecule has 1 rings (SSSR count). The number of likely N-dealkylation sites (N-methyl/N-ethyl adjacent to an activating group) is 1. The van der Waals surface area contributed by atoms with Crippen molar-refractivity contribution < 1.29 is 8.42 Å². The molecule has 1 aromatic rings. The van der Waals surface area contributed by atoms with E-state index in [1.807, 2.05) is 19.9 Å². The van der Waals surface area contributed by atoms with E-state index in [9.17, 15) is 8.42 Å². The van der Waals surface area contributed by atoms with Crippen LogP contribution in [0.5, 0.6) is 0 Å². The fraction of sp³-hybridized carbons (Fsp3) is 0.600. The standard InChI is InChI=1S/C15H27N3O2S/c1-6-18(7-2)10-12(4)17-21(19,20)15-13(5)11(3)8-9-14(15)16/h8-9,12,17H,6-7,10,16H2,1-5H3. The van der Waals surface area contributed by atoms with Gasteiger partial charge in [0.15, 0.2) is 0 Å². The van der Waals surface area contributed by atoms with Crippen molar-refractivity contribution in [1.29, 1.82) is 0 Å². The van der Waals surface area contributed by atoms with Crippen molar-refractivity contribution >= 4 is 15.7 Å². The van der Waals surface area contributed by atoms with Gasteiger partial charge in [-0.15, -0.1) is 0 Å². The van der Waals surface area contributed by atoms with E-state index in [1.165, 1.54) is 0 Å². The van der Waals surface area contributed by atoms with Crippen LogP contribution in [0.1, 0.15) is 31.9 Å². The Hall–Kier alpha value is -1.11. The number of anilines is 1. The minimum atomic E-state index is -3.61. The number of benzene rings is 1. The summed E-state index contributed by atoms with van der Waals surface area (Å²) in [7, 11) is -3.61. The van der Waals surface area contributed by atoms with Gasteiger partial charge in [-0.05, 0) is 51.1 Å². The molecule has 0 aromatic heterocycles. The quantitative estimate of drug-likeness (QED) is 0.754. The molecule has 0 aliphatic heterocycles. The lowest BCUT2D eigenvalue weighted by molar-refractivity contribution is 0.282. The van der Waals surface area contributed by atoms with Crippen LogP contribution in [0.2, 0.25) is 0 Å². The highest BCUT2D eigenvalue weighted by molar-refractivity contribution is 7.89. The molecule has 1 atom stereocenters. The molecule has 0 bridgehead atoms. The molecule has 6 heteroatoms. The van der Waals surface area contributed by atoms with Gasteiger partial charge in [0.1, 0.15) is 4.90 Å². The van der Waals surface area contributed by atoms with Gasteiger partial charge in [-0.3, -0.25) is 0 Å². The number of nitrogens with zero attached hydrogens (tertiary/aromatic N) is 1. The molecule has 0 aliphatic rings. The maximum absolute atomic E-state index is 12.6. The zero-order valence-electron chi connectivity index (χ0n) is 13.6. The molecular formula is C15H27N3O2S. The SMILES string of the molecule is CCN(CC)CC(C)NS(=O)(=O)c1c(N)ccc(C)c1C. The first kappa shape index (κ1) is 17.9.